The lowest BCUT2D eigenvalue weighted by molar-refractivity contribution is 0.0698. The highest BCUT2D eigenvalue weighted by Crippen LogP contribution is 2.22. The number of anilines is 1. The summed E-state index contributed by atoms with van der Waals surface area (Å²) in [6.07, 6.45) is 0. The number of amides is 2. The topological polar surface area (TPSA) is 142 Å². The first-order valence-electron chi connectivity index (χ1n) is 5.78. The average molecular weight is 292 g/mol. The van der Waals surface area contributed by atoms with Crippen LogP contribution in [0.25, 0.3) is 0 Å². The number of aromatic amines is 1. The number of nitrogens with zero attached hydrogens (tertiary/aromatic N) is 3. The molecule has 1 aromatic carbocycles. The van der Waals surface area contributed by atoms with Crippen molar-refractivity contribution < 1.29 is 19.4 Å². The molecular weight excluding hydrogens is 280 g/mol. The normalized spacial score (nSPS) is 9.95. The molecule has 10 heteroatoms. The molecule has 1 aromatic heterocycles. The molecule has 2 amide bonds. The van der Waals surface area contributed by atoms with Crippen LogP contribution in [0.15, 0.2) is 18.2 Å². The van der Waals surface area contributed by atoms with Crippen LogP contribution in [0.3, 0.4) is 0 Å². The second kappa shape index (κ2) is 6.32. The lowest BCUT2D eigenvalue weighted by Crippen LogP contribution is -2.29. The molecule has 0 fully saturated rings. The number of H-pyrrole nitrogens is 1. The number of carboxylic acid groups (broad SMARTS) is 1. The minimum Gasteiger partial charge on any atom is -0.497 e. The standard InChI is InChI=1S/C11H12N6O4/c1-21-6-2-3-7(10(18)19)8(4-6)13-11(20)12-5-9-14-16-17-15-9/h2-4H,5H2,1H3,(H,18,19)(H2,12,13,20)(H,14,15,16,17). The number of methoxy groups -OCH3 is 1. The maximum Gasteiger partial charge on any atom is 0.337 e. The van der Waals surface area contributed by atoms with Gasteiger partial charge in [0.1, 0.15) is 5.75 Å². The molecule has 4 N–H and O–H groups in total. The van der Waals surface area contributed by atoms with E-state index in [4.69, 9.17) is 9.84 Å². The maximum atomic E-state index is 11.7. The first kappa shape index (κ1) is 14.2. The number of hydrogen-bond acceptors (Lipinski definition) is 6. The molecule has 2 aromatic rings. The summed E-state index contributed by atoms with van der Waals surface area (Å²) in [5, 5.41) is 26.9. The molecule has 0 saturated heterocycles. The Bertz CT molecular complexity index is 642. The molecule has 21 heavy (non-hydrogen) atoms. The van der Waals surface area contributed by atoms with Gasteiger partial charge in [-0.3, -0.25) is 0 Å². The van der Waals surface area contributed by atoms with Crippen LogP contribution in [0, 0.1) is 0 Å². The van der Waals surface area contributed by atoms with Gasteiger partial charge in [-0.15, -0.1) is 10.2 Å². The smallest absolute Gasteiger partial charge is 0.337 e. The largest absolute Gasteiger partial charge is 0.497 e. The van der Waals surface area contributed by atoms with E-state index in [0.29, 0.717) is 11.6 Å². The number of carbonyl (C=O) groups is 2. The summed E-state index contributed by atoms with van der Waals surface area (Å²) < 4.78 is 4.99. The molecule has 2 rings (SSSR count). The minimum absolute atomic E-state index is 0.0503. The molecule has 10 nitrogen and oxygen atoms in total. The van der Waals surface area contributed by atoms with Gasteiger partial charge in [0.2, 0.25) is 0 Å². The quantitative estimate of drug-likeness (QED) is 0.617. The van der Waals surface area contributed by atoms with Gasteiger partial charge >= 0.3 is 12.0 Å². The van der Waals surface area contributed by atoms with E-state index in [-0.39, 0.29) is 17.8 Å². The van der Waals surface area contributed by atoms with Crippen molar-refractivity contribution in [1.29, 1.82) is 0 Å². The number of aromatic carboxylic acids is 1. The number of tetrazole rings is 1. The van der Waals surface area contributed by atoms with Gasteiger partial charge in [0, 0.05) is 6.07 Å². The Morgan fingerprint density at radius 1 is 1.43 bits per heavy atom. The van der Waals surface area contributed by atoms with Gasteiger partial charge in [0.25, 0.3) is 0 Å². The number of urea groups is 1. The number of ether oxygens (including phenoxy) is 1. The molecular formula is C11H12N6O4. The van der Waals surface area contributed by atoms with Gasteiger partial charge in [-0.1, -0.05) is 5.21 Å². The second-order valence-electron chi connectivity index (χ2n) is 3.85. The van der Waals surface area contributed by atoms with Gasteiger partial charge in [0.05, 0.1) is 24.9 Å². The zero-order valence-electron chi connectivity index (χ0n) is 11.0. The van der Waals surface area contributed by atoms with Gasteiger partial charge in [0.15, 0.2) is 5.82 Å². The summed E-state index contributed by atoms with van der Waals surface area (Å²) in [6.45, 7) is 0.0503. The fourth-order valence-electron chi connectivity index (χ4n) is 1.52. The van der Waals surface area contributed by atoms with Crippen molar-refractivity contribution >= 4 is 17.7 Å². The number of carbonyl (C=O) groups excluding carboxylic acids is 1. The third-order valence-electron chi connectivity index (χ3n) is 2.50. The Labute approximate surface area is 118 Å². The van der Waals surface area contributed by atoms with E-state index in [2.05, 4.69) is 31.3 Å². The lowest BCUT2D eigenvalue weighted by Gasteiger charge is -2.10. The summed E-state index contributed by atoms with van der Waals surface area (Å²) in [5.74, 6) is -0.436. The molecule has 0 aliphatic carbocycles. The molecule has 0 radical (unpaired) electrons. The Morgan fingerprint density at radius 3 is 2.86 bits per heavy atom. The molecule has 0 aliphatic heterocycles. The highest BCUT2D eigenvalue weighted by Gasteiger charge is 2.13. The zero-order chi connectivity index (χ0) is 15.2. The predicted molar refractivity (Wildman–Crippen MR) is 70.0 cm³/mol. The van der Waals surface area contributed by atoms with Crippen LogP contribution >= 0.6 is 0 Å². The average Bonchev–Trinajstić information content (AvgIpc) is 2.98. The summed E-state index contributed by atoms with van der Waals surface area (Å²) in [7, 11) is 1.44. The Morgan fingerprint density at radius 2 is 2.24 bits per heavy atom. The Hall–Kier alpha value is -3.17. The van der Waals surface area contributed by atoms with Crippen LogP contribution in [-0.4, -0.2) is 44.8 Å². The minimum atomic E-state index is -1.16. The van der Waals surface area contributed by atoms with Crippen molar-refractivity contribution in [1.82, 2.24) is 25.9 Å². The van der Waals surface area contributed by atoms with Crippen LogP contribution in [0.5, 0.6) is 5.75 Å². The SMILES string of the molecule is COc1ccc(C(=O)O)c(NC(=O)NCc2nn[nH]n2)c1. The molecule has 110 valence electrons. The van der Waals surface area contributed by atoms with Crippen molar-refractivity contribution in [2.45, 2.75) is 6.54 Å². The molecule has 0 bridgehead atoms. The lowest BCUT2D eigenvalue weighted by atomic mass is 10.1. The third-order valence-corrected chi connectivity index (χ3v) is 2.50. The Balaban J connectivity index is 2.06. The highest BCUT2D eigenvalue weighted by atomic mass is 16.5. The van der Waals surface area contributed by atoms with E-state index in [1.807, 2.05) is 0 Å². The van der Waals surface area contributed by atoms with E-state index in [9.17, 15) is 9.59 Å². The van der Waals surface area contributed by atoms with E-state index in [0.717, 1.165) is 0 Å². The Kier molecular flexibility index (Phi) is 4.29. The van der Waals surface area contributed by atoms with Crippen LogP contribution < -0.4 is 15.4 Å². The fourth-order valence-corrected chi connectivity index (χ4v) is 1.52. The van der Waals surface area contributed by atoms with E-state index < -0.39 is 12.0 Å². The van der Waals surface area contributed by atoms with Crippen molar-refractivity contribution in [3.63, 3.8) is 0 Å². The molecule has 0 saturated carbocycles. The van der Waals surface area contributed by atoms with Crippen LogP contribution in [0.1, 0.15) is 16.2 Å². The van der Waals surface area contributed by atoms with Crippen LogP contribution in [0.4, 0.5) is 10.5 Å². The van der Waals surface area contributed by atoms with Crippen LogP contribution in [0.2, 0.25) is 0 Å². The molecule has 0 unspecified atom stereocenters. The summed E-state index contributed by atoms with van der Waals surface area (Å²) >= 11 is 0. The van der Waals surface area contributed by atoms with Crippen molar-refractivity contribution in [2.24, 2.45) is 0 Å². The van der Waals surface area contributed by atoms with Crippen molar-refractivity contribution in [3.8, 4) is 5.75 Å². The first-order valence-corrected chi connectivity index (χ1v) is 5.78. The molecule has 1 heterocycles. The van der Waals surface area contributed by atoms with Gasteiger partial charge < -0.3 is 20.5 Å². The number of aromatic nitrogens is 4. The number of hydrogen-bond donors (Lipinski definition) is 4. The first-order chi connectivity index (χ1) is 10.1. The van der Waals surface area contributed by atoms with Gasteiger partial charge in [-0.2, -0.15) is 5.21 Å². The maximum absolute atomic E-state index is 11.7. The van der Waals surface area contributed by atoms with E-state index in [1.165, 1.54) is 25.3 Å². The monoisotopic (exact) mass is 292 g/mol. The second-order valence-corrected chi connectivity index (χ2v) is 3.85. The van der Waals surface area contributed by atoms with E-state index in [1.54, 1.807) is 0 Å². The van der Waals surface area contributed by atoms with Gasteiger partial charge in [-0.25, -0.2) is 9.59 Å². The fraction of sp³-hybridized carbons (Fsp3) is 0.182. The van der Waals surface area contributed by atoms with Crippen molar-refractivity contribution in [3.05, 3.63) is 29.6 Å². The van der Waals surface area contributed by atoms with Gasteiger partial charge in [-0.05, 0) is 12.1 Å². The van der Waals surface area contributed by atoms with E-state index >= 15 is 0 Å². The number of carboxylic acids is 1. The number of rotatable bonds is 5. The third kappa shape index (κ3) is 3.65. The number of nitrogens with one attached hydrogen (secondary N) is 3. The molecule has 0 aliphatic rings. The summed E-state index contributed by atoms with van der Waals surface area (Å²) in [4.78, 5) is 22.8. The molecule has 0 atom stereocenters. The van der Waals surface area contributed by atoms with Crippen LogP contribution in [-0.2, 0) is 6.54 Å². The summed E-state index contributed by atoms with van der Waals surface area (Å²) in [6, 6.07) is 3.65. The van der Waals surface area contributed by atoms with Crippen molar-refractivity contribution in [2.75, 3.05) is 12.4 Å². The molecule has 0 spiro atoms. The number of benzene rings is 1. The predicted octanol–water partition coefficient (Wildman–Crippen LogP) is 0.228. The summed E-state index contributed by atoms with van der Waals surface area (Å²) in [5.41, 5.74) is 0.0676. The highest BCUT2D eigenvalue weighted by molar-refractivity contribution is 6.00. The zero-order valence-corrected chi connectivity index (χ0v) is 11.0.